The number of fused-ring (bicyclic) bond motifs is 5. The molecule has 5 rings (SSSR count). The third kappa shape index (κ3) is 2.56. The van der Waals surface area contributed by atoms with Crippen LogP contribution in [0.3, 0.4) is 0 Å². The number of phenols is 2. The summed E-state index contributed by atoms with van der Waals surface area (Å²) < 4.78 is 0. The summed E-state index contributed by atoms with van der Waals surface area (Å²) in [7, 11) is 0. The molecule has 2 fully saturated rings. The van der Waals surface area contributed by atoms with Crippen molar-refractivity contribution in [1.82, 2.24) is 0 Å². The highest BCUT2D eigenvalue weighted by Gasteiger charge is 2.55. The van der Waals surface area contributed by atoms with Gasteiger partial charge in [-0.15, -0.1) is 0 Å². The van der Waals surface area contributed by atoms with Crippen LogP contribution in [-0.2, 0) is 16.0 Å². The van der Waals surface area contributed by atoms with Gasteiger partial charge in [0.15, 0.2) is 23.1 Å². The Labute approximate surface area is 169 Å². The number of ketones is 2. The number of aliphatic hydroxyl groups is 1. The van der Waals surface area contributed by atoms with Crippen LogP contribution in [0.25, 0.3) is 5.57 Å². The molecule has 5 nitrogen and oxygen atoms in total. The minimum atomic E-state index is -0.327. The highest BCUT2D eigenvalue weighted by Crippen LogP contribution is 2.62. The largest absolute Gasteiger partial charge is 0.504 e. The Kier molecular flexibility index (Phi) is 4.04. The quantitative estimate of drug-likeness (QED) is 0.501. The normalized spacial score (nSPS) is 35.7. The highest BCUT2D eigenvalue weighted by molar-refractivity contribution is 6.34. The van der Waals surface area contributed by atoms with Crippen molar-refractivity contribution in [3.8, 4) is 11.5 Å². The number of hydrogen-bond acceptors (Lipinski definition) is 5. The van der Waals surface area contributed by atoms with E-state index >= 15 is 0 Å². The molecule has 29 heavy (non-hydrogen) atoms. The van der Waals surface area contributed by atoms with Crippen LogP contribution in [0.4, 0.5) is 0 Å². The van der Waals surface area contributed by atoms with E-state index in [4.69, 9.17) is 0 Å². The van der Waals surface area contributed by atoms with Crippen LogP contribution in [0, 0.1) is 17.3 Å². The van der Waals surface area contributed by atoms with Crippen molar-refractivity contribution >= 4 is 17.1 Å². The molecule has 0 radical (unpaired) electrons. The van der Waals surface area contributed by atoms with E-state index in [2.05, 4.69) is 6.92 Å². The summed E-state index contributed by atoms with van der Waals surface area (Å²) in [6, 6.07) is 1.62. The van der Waals surface area contributed by atoms with Gasteiger partial charge in [0.05, 0.1) is 6.10 Å². The Morgan fingerprint density at radius 1 is 1.07 bits per heavy atom. The summed E-state index contributed by atoms with van der Waals surface area (Å²) in [5.74, 6) is -0.252. The minimum Gasteiger partial charge on any atom is -0.504 e. The summed E-state index contributed by atoms with van der Waals surface area (Å²) in [5.41, 5.74) is 2.30. The van der Waals surface area contributed by atoms with Crippen LogP contribution >= 0.6 is 0 Å². The summed E-state index contributed by atoms with van der Waals surface area (Å²) >= 11 is 0. The van der Waals surface area contributed by atoms with Crippen LogP contribution in [0.15, 0.2) is 24.3 Å². The van der Waals surface area contributed by atoms with E-state index in [1.54, 1.807) is 6.07 Å². The van der Waals surface area contributed by atoms with Gasteiger partial charge in [-0.1, -0.05) is 6.92 Å². The average molecular weight is 394 g/mol. The lowest BCUT2D eigenvalue weighted by Gasteiger charge is -2.50. The number of allylic oxidation sites excluding steroid dienone is 4. The molecule has 4 aliphatic carbocycles. The smallest absolute Gasteiger partial charge is 0.186 e. The summed E-state index contributed by atoms with van der Waals surface area (Å²) in [5, 5.41) is 31.7. The number of aromatic hydroxyl groups is 2. The SMILES string of the molecule is C[C@]12CC[C@@H]3c4c(cc(O)c(O)c4C4=CC(=O)C=CC4=O)CC[C@H]3[C@@H]1CC[C@H]2O. The van der Waals surface area contributed by atoms with Gasteiger partial charge in [0.25, 0.3) is 0 Å². The third-order valence-corrected chi connectivity index (χ3v) is 8.13. The van der Waals surface area contributed by atoms with Gasteiger partial charge in [0, 0.05) is 11.1 Å². The number of aryl methyl sites for hydroxylation is 1. The van der Waals surface area contributed by atoms with Gasteiger partial charge < -0.3 is 15.3 Å². The molecule has 152 valence electrons. The number of benzene rings is 1. The van der Waals surface area contributed by atoms with Crippen LogP contribution in [0.1, 0.15) is 61.6 Å². The lowest BCUT2D eigenvalue weighted by Crippen LogP contribution is -2.44. The first-order chi connectivity index (χ1) is 13.8. The number of carbonyl (C=O) groups excluding carboxylic acids is 2. The van der Waals surface area contributed by atoms with Crippen molar-refractivity contribution in [2.45, 2.75) is 57.5 Å². The number of hydrogen-bond donors (Lipinski definition) is 3. The molecule has 3 N–H and O–H groups in total. The maximum Gasteiger partial charge on any atom is 0.186 e. The van der Waals surface area contributed by atoms with E-state index in [1.165, 1.54) is 18.2 Å². The fourth-order valence-corrected chi connectivity index (χ4v) is 6.68. The van der Waals surface area contributed by atoms with Crippen molar-refractivity contribution in [3.63, 3.8) is 0 Å². The second-order valence-electron chi connectivity index (χ2n) is 9.40. The molecule has 0 spiro atoms. The van der Waals surface area contributed by atoms with Gasteiger partial charge in [-0.2, -0.15) is 0 Å². The van der Waals surface area contributed by atoms with Crippen molar-refractivity contribution in [2.75, 3.05) is 0 Å². The maximum atomic E-state index is 12.6. The molecule has 0 aromatic heterocycles. The van der Waals surface area contributed by atoms with Gasteiger partial charge >= 0.3 is 0 Å². The predicted octanol–water partition coefficient (Wildman–Crippen LogP) is 3.41. The number of aliphatic hydroxyl groups excluding tert-OH is 1. The molecule has 5 atom stereocenters. The average Bonchev–Trinajstić information content (AvgIpc) is 3.00. The van der Waals surface area contributed by atoms with Gasteiger partial charge in [-0.25, -0.2) is 0 Å². The van der Waals surface area contributed by atoms with Gasteiger partial charge in [-0.05, 0) is 97.1 Å². The number of phenolic OH excluding ortho intramolecular Hbond substituents is 2. The van der Waals surface area contributed by atoms with E-state index in [0.717, 1.165) is 49.7 Å². The fourth-order valence-electron chi connectivity index (χ4n) is 6.68. The fraction of sp³-hybridized carbons (Fsp3) is 0.500. The molecular weight excluding hydrogens is 368 g/mol. The van der Waals surface area contributed by atoms with E-state index in [9.17, 15) is 24.9 Å². The Morgan fingerprint density at radius 3 is 2.66 bits per heavy atom. The molecule has 2 saturated carbocycles. The first kappa shape index (κ1) is 18.6. The van der Waals surface area contributed by atoms with E-state index in [-0.39, 0.29) is 46.1 Å². The summed E-state index contributed by atoms with van der Waals surface area (Å²) in [6.45, 7) is 2.20. The lowest BCUT2D eigenvalue weighted by atomic mass is 9.54. The predicted molar refractivity (Wildman–Crippen MR) is 108 cm³/mol. The standard InChI is InChI=1S/C24H26O5/c1-24-9-8-15-14(17(24)5-7-20(24)28)4-2-12-10-19(27)23(29)22(21(12)15)16-11-13(25)3-6-18(16)26/h3,6,10-11,14-15,17,20,27-29H,2,4-5,7-9H2,1H3/t14-,15+,17+,20-,24+/m1/s1. The van der Waals surface area contributed by atoms with Crippen molar-refractivity contribution < 1.29 is 24.9 Å². The summed E-state index contributed by atoms with van der Waals surface area (Å²) in [4.78, 5) is 24.6. The zero-order valence-corrected chi connectivity index (χ0v) is 16.5. The molecule has 5 heteroatoms. The maximum absolute atomic E-state index is 12.6. The Hall–Kier alpha value is -2.40. The van der Waals surface area contributed by atoms with Crippen molar-refractivity contribution in [3.05, 3.63) is 41.0 Å². The van der Waals surface area contributed by atoms with Crippen LogP contribution in [0.5, 0.6) is 11.5 Å². The summed E-state index contributed by atoms with van der Waals surface area (Å²) in [6.07, 6.45) is 8.78. The number of rotatable bonds is 1. The molecule has 0 unspecified atom stereocenters. The second-order valence-corrected chi connectivity index (χ2v) is 9.40. The molecule has 0 bridgehead atoms. The lowest BCUT2D eigenvalue weighted by molar-refractivity contribution is -0.113. The van der Waals surface area contributed by atoms with Gasteiger partial charge in [-0.3, -0.25) is 9.59 Å². The molecule has 4 aliphatic rings. The Bertz CT molecular complexity index is 987. The van der Waals surface area contributed by atoms with Gasteiger partial charge in [0.1, 0.15) is 0 Å². The molecule has 0 heterocycles. The molecule has 0 saturated heterocycles. The molecule has 0 amide bonds. The highest BCUT2D eigenvalue weighted by atomic mass is 16.3. The number of carbonyl (C=O) groups is 2. The van der Waals surface area contributed by atoms with Crippen LogP contribution in [0.2, 0.25) is 0 Å². The van der Waals surface area contributed by atoms with Gasteiger partial charge in [0.2, 0.25) is 0 Å². The zero-order chi connectivity index (χ0) is 20.5. The van der Waals surface area contributed by atoms with Crippen molar-refractivity contribution in [2.24, 2.45) is 17.3 Å². The third-order valence-electron chi connectivity index (χ3n) is 8.13. The zero-order valence-electron chi connectivity index (χ0n) is 16.5. The van der Waals surface area contributed by atoms with E-state index in [0.29, 0.717) is 17.4 Å². The topological polar surface area (TPSA) is 94.8 Å². The Balaban J connectivity index is 1.67. The molecular formula is C24H26O5. The first-order valence-corrected chi connectivity index (χ1v) is 10.6. The first-order valence-electron chi connectivity index (χ1n) is 10.6. The van der Waals surface area contributed by atoms with Crippen LogP contribution in [-0.4, -0.2) is 33.0 Å². The minimum absolute atomic E-state index is 0.0730. The molecule has 0 aliphatic heterocycles. The van der Waals surface area contributed by atoms with Crippen molar-refractivity contribution in [1.29, 1.82) is 0 Å². The molecule has 1 aromatic rings. The second kappa shape index (κ2) is 6.30. The molecule has 1 aromatic carbocycles. The van der Waals surface area contributed by atoms with E-state index in [1.807, 2.05) is 0 Å². The van der Waals surface area contributed by atoms with E-state index < -0.39 is 0 Å². The monoisotopic (exact) mass is 394 g/mol. The van der Waals surface area contributed by atoms with Crippen LogP contribution < -0.4 is 0 Å². The Morgan fingerprint density at radius 2 is 1.86 bits per heavy atom.